The molecule has 130 valence electrons. The van der Waals surface area contributed by atoms with Crippen molar-refractivity contribution in [2.45, 2.75) is 31.7 Å². The van der Waals surface area contributed by atoms with Crippen molar-refractivity contribution in [3.8, 4) is 5.75 Å². The second-order valence-electron chi connectivity index (χ2n) is 6.81. The van der Waals surface area contributed by atoms with Crippen LogP contribution in [0.1, 0.15) is 43.2 Å². The van der Waals surface area contributed by atoms with Gasteiger partial charge in [-0.05, 0) is 56.1 Å². The Bertz CT molecular complexity index is 825. The fourth-order valence-electron chi connectivity index (χ4n) is 3.74. The zero-order valence-corrected chi connectivity index (χ0v) is 14.8. The molecule has 1 fully saturated rings. The summed E-state index contributed by atoms with van der Waals surface area (Å²) >= 11 is 0. The second-order valence-corrected chi connectivity index (χ2v) is 6.81. The van der Waals surface area contributed by atoms with Gasteiger partial charge >= 0.3 is 0 Å². The van der Waals surface area contributed by atoms with Crippen LogP contribution in [-0.2, 0) is 0 Å². The molecule has 0 spiro atoms. The highest BCUT2D eigenvalue weighted by Crippen LogP contribution is 2.33. The molecule has 1 saturated heterocycles. The lowest BCUT2D eigenvalue weighted by molar-refractivity contribution is 0.149. The van der Waals surface area contributed by atoms with Gasteiger partial charge in [-0.25, -0.2) is 4.98 Å². The van der Waals surface area contributed by atoms with E-state index in [0.29, 0.717) is 12.0 Å². The predicted octanol–water partition coefficient (Wildman–Crippen LogP) is 4.78. The van der Waals surface area contributed by atoms with Crippen molar-refractivity contribution in [3.05, 3.63) is 60.0 Å². The van der Waals surface area contributed by atoms with Crippen LogP contribution in [0.3, 0.4) is 0 Å². The van der Waals surface area contributed by atoms with Gasteiger partial charge < -0.3 is 9.15 Å². The molecule has 2 aromatic carbocycles. The number of fused-ring (bicyclic) bond motifs is 1. The van der Waals surface area contributed by atoms with Crippen molar-refractivity contribution in [2.75, 3.05) is 20.2 Å². The summed E-state index contributed by atoms with van der Waals surface area (Å²) in [5, 5.41) is 0. The minimum Gasteiger partial charge on any atom is -0.497 e. The van der Waals surface area contributed by atoms with E-state index >= 15 is 0 Å². The van der Waals surface area contributed by atoms with E-state index in [1.165, 1.54) is 5.56 Å². The van der Waals surface area contributed by atoms with E-state index in [-0.39, 0.29) is 0 Å². The summed E-state index contributed by atoms with van der Waals surface area (Å²) in [7, 11) is 1.72. The Morgan fingerprint density at radius 3 is 2.92 bits per heavy atom. The van der Waals surface area contributed by atoms with Gasteiger partial charge in [0, 0.05) is 18.5 Å². The van der Waals surface area contributed by atoms with Crippen molar-refractivity contribution < 1.29 is 9.15 Å². The molecule has 0 N–H and O–H groups in total. The SMILES string of the molecule is COc1cccc([C@H](C)N2CCC[C@H](c3nc4ccccc4o3)C2)c1. The summed E-state index contributed by atoms with van der Waals surface area (Å²) in [6.45, 7) is 4.35. The highest BCUT2D eigenvalue weighted by atomic mass is 16.5. The van der Waals surface area contributed by atoms with Crippen molar-refractivity contribution in [1.29, 1.82) is 0 Å². The molecule has 3 aromatic rings. The van der Waals surface area contributed by atoms with E-state index in [4.69, 9.17) is 14.1 Å². The molecular formula is C21H24N2O2. The van der Waals surface area contributed by atoms with E-state index in [9.17, 15) is 0 Å². The van der Waals surface area contributed by atoms with Crippen molar-refractivity contribution in [1.82, 2.24) is 9.88 Å². The number of benzene rings is 2. The van der Waals surface area contributed by atoms with Gasteiger partial charge in [0.05, 0.1) is 7.11 Å². The van der Waals surface area contributed by atoms with Crippen LogP contribution < -0.4 is 4.74 Å². The summed E-state index contributed by atoms with van der Waals surface area (Å²) in [4.78, 5) is 7.24. The molecule has 2 heterocycles. The van der Waals surface area contributed by atoms with Crippen LogP contribution in [-0.4, -0.2) is 30.1 Å². The molecule has 0 bridgehead atoms. The van der Waals surface area contributed by atoms with Crippen LogP contribution in [0.15, 0.2) is 52.9 Å². The predicted molar refractivity (Wildman–Crippen MR) is 99.0 cm³/mol. The Morgan fingerprint density at radius 1 is 1.20 bits per heavy atom. The molecule has 1 aromatic heterocycles. The number of oxazole rings is 1. The van der Waals surface area contributed by atoms with Crippen LogP contribution in [0.25, 0.3) is 11.1 Å². The number of nitrogens with zero attached hydrogens (tertiary/aromatic N) is 2. The zero-order chi connectivity index (χ0) is 17.2. The first-order chi connectivity index (χ1) is 12.2. The molecule has 4 rings (SSSR count). The van der Waals surface area contributed by atoms with Crippen LogP contribution in [0, 0.1) is 0 Å². The number of likely N-dealkylation sites (tertiary alicyclic amines) is 1. The van der Waals surface area contributed by atoms with Crippen molar-refractivity contribution >= 4 is 11.1 Å². The van der Waals surface area contributed by atoms with Crippen molar-refractivity contribution in [3.63, 3.8) is 0 Å². The Labute approximate surface area is 148 Å². The number of ether oxygens (including phenoxy) is 1. The van der Waals surface area contributed by atoms with Gasteiger partial charge in [0.15, 0.2) is 11.5 Å². The Hall–Kier alpha value is -2.33. The first kappa shape index (κ1) is 16.2. The number of rotatable bonds is 4. The Morgan fingerprint density at radius 2 is 2.08 bits per heavy atom. The first-order valence-electron chi connectivity index (χ1n) is 8.98. The van der Waals surface area contributed by atoms with Gasteiger partial charge in [0.1, 0.15) is 11.3 Å². The van der Waals surface area contributed by atoms with E-state index in [0.717, 1.165) is 48.7 Å². The van der Waals surface area contributed by atoms with Crippen molar-refractivity contribution in [2.24, 2.45) is 0 Å². The zero-order valence-electron chi connectivity index (χ0n) is 14.8. The smallest absolute Gasteiger partial charge is 0.199 e. The maximum absolute atomic E-state index is 6.02. The van der Waals surface area contributed by atoms with E-state index < -0.39 is 0 Å². The third-order valence-electron chi connectivity index (χ3n) is 5.24. The van der Waals surface area contributed by atoms with Crippen LogP contribution in [0.2, 0.25) is 0 Å². The monoisotopic (exact) mass is 336 g/mol. The Balaban J connectivity index is 1.53. The fourth-order valence-corrected chi connectivity index (χ4v) is 3.74. The normalized spacial score (nSPS) is 19.8. The number of aromatic nitrogens is 1. The summed E-state index contributed by atoms with van der Waals surface area (Å²) in [5.41, 5.74) is 3.13. The number of para-hydroxylation sites is 2. The number of piperidine rings is 1. The molecule has 0 radical (unpaired) electrons. The van der Waals surface area contributed by atoms with Crippen LogP contribution in [0.5, 0.6) is 5.75 Å². The average Bonchev–Trinajstić information content (AvgIpc) is 3.12. The molecule has 2 atom stereocenters. The maximum Gasteiger partial charge on any atom is 0.199 e. The summed E-state index contributed by atoms with van der Waals surface area (Å²) in [6, 6.07) is 16.7. The lowest BCUT2D eigenvalue weighted by Crippen LogP contribution is -2.36. The second kappa shape index (κ2) is 6.89. The first-order valence-corrected chi connectivity index (χ1v) is 8.98. The van der Waals surface area contributed by atoms with Gasteiger partial charge in [-0.3, -0.25) is 4.90 Å². The molecule has 25 heavy (non-hydrogen) atoms. The minimum atomic E-state index is 0.349. The lowest BCUT2D eigenvalue weighted by Gasteiger charge is -2.36. The molecule has 0 amide bonds. The van der Waals surface area contributed by atoms with E-state index in [1.807, 2.05) is 30.3 Å². The molecule has 4 nitrogen and oxygen atoms in total. The third kappa shape index (κ3) is 3.27. The standard InChI is InChI=1S/C21H24N2O2/c1-15(16-7-5-9-18(13-16)24-2)23-12-6-8-17(14-23)21-22-19-10-3-4-11-20(19)25-21/h3-5,7,9-11,13,15,17H,6,8,12,14H2,1-2H3/t15-,17-/m0/s1. The van der Waals surface area contributed by atoms with Crippen LogP contribution in [0.4, 0.5) is 0 Å². The Kier molecular flexibility index (Phi) is 4.45. The molecule has 4 heteroatoms. The number of methoxy groups -OCH3 is 1. The minimum absolute atomic E-state index is 0.349. The average molecular weight is 336 g/mol. The molecule has 0 unspecified atom stereocenters. The van der Waals surface area contributed by atoms with Gasteiger partial charge in [-0.15, -0.1) is 0 Å². The number of hydrogen-bond donors (Lipinski definition) is 0. The third-order valence-corrected chi connectivity index (χ3v) is 5.24. The van der Waals surface area contributed by atoms with Gasteiger partial charge in [-0.1, -0.05) is 24.3 Å². The largest absolute Gasteiger partial charge is 0.497 e. The quantitative estimate of drug-likeness (QED) is 0.687. The molecule has 0 aliphatic carbocycles. The molecule has 1 aliphatic heterocycles. The summed E-state index contributed by atoms with van der Waals surface area (Å²) in [5.74, 6) is 2.15. The molecule has 0 saturated carbocycles. The summed E-state index contributed by atoms with van der Waals surface area (Å²) < 4.78 is 11.4. The van der Waals surface area contributed by atoms with E-state index in [1.54, 1.807) is 7.11 Å². The van der Waals surface area contributed by atoms with Gasteiger partial charge in [-0.2, -0.15) is 0 Å². The highest BCUT2D eigenvalue weighted by Gasteiger charge is 2.28. The summed E-state index contributed by atoms with van der Waals surface area (Å²) in [6.07, 6.45) is 2.30. The molecule has 1 aliphatic rings. The molecular weight excluding hydrogens is 312 g/mol. The highest BCUT2D eigenvalue weighted by molar-refractivity contribution is 5.72. The fraction of sp³-hybridized carbons (Fsp3) is 0.381. The lowest BCUT2D eigenvalue weighted by atomic mass is 9.95. The topological polar surface area (TPSA) is 38.5 Å². The maximum atomic E-state index is 6.02. The number of hydrogen-bond acceptors (Lipinski definition) is 4. The van der Waals surface area contributed by atoms with Gasteiger partial charge in [0.2, 0.25) is 0 Å². The van der Waals surface area contributed by atoms with Crippen LogP contribution >= 0.6 is 0 Å². The van der Waals surface area contributed by atoms with E-state index in [2.05, 4.69) is 30.0 Å². The van der Waals surface area contributed by atoms with Gasteiger partial charge in [0.25, 0.3) is 0 Å².